The topological polar surface area (TPSA) is 46.6 Å². The Morgan fingerprint density at radius 1 is 1.04 bits per heavy atom. The number of benzene rings is 2. The van der Waals surface area contributed by atoms with E-state index in [1.165, 1.54) is 12.7 Å². The summed E-state index contributed by atoms with van der Waals surface area (Å²) in [5, 5.41) is 0. The molecule has 1 aliphatic carbocycles. The summed E-state index contributed by atoms with van der Waals surface area (Å²) in [5.41, 5.74) is 2.98. The van der Waals surface area contributed by atoms with Gasteiger partial charge in [-0.05, 0) is 29.7 Å². The molecule has 4 rings (SSSR count). The third-order valence-corrected chi connectivity index (χ3v) is 4.94. The Balaban J connectivity index is 1.73. The molecule has 23 heavy (non-hydrogen) atoms. The highest BCUT2D eigenvalue weighted by molar-refractivity contribution is 5.98. The van der Waals surface area contributed by atoms with Gasteiger partial charge in [0.25, 0.3) is 5.91 Å². The second kappa shape index (κ2) is 5.23. The first kappa shape index (κ1) is 14.0. The minimum atomic E-state index is -0.495. The Labute approximate surface area is 134 Å². The van der Waals surface area contributed by atoms with Crippen LogP contribution in [0.4, 0.5) is 0 Å². The van der Waals surface area contributed by atoms with Gasteiger partial charge in [-0.3, -0.25) is 4.79 Å². The molecule has 0 N–H and O–H groups in total. The number of fused-ring (bicyclic) bond motifs is 3. The van der Waals surface area contributed by atoms with Crippen molar-refractivity contribution in [1.29, 1.82) is 0 Å². The van der Waals surface area contributed by atoms with Crippen LogP contribution < -0.4 is 0 Å². The first-order chi connectivity index (χ1) is 11.2. The van der Waals surface area contributed by atoms with E-state index in [-0.39, 0.29) is 23.8 Å². The molecular formula is C19H17NO3. The van der Waals surface area contributed by atoms with Crippen molar-refractivity contribution in [3.63, 3.8) is 0 Å². The number of nitrogens with zero attached hydrogens (tertiary/aromatic N) is 1. The Morgan fingerprint density at radius 2 is 1.74 bits per heavy atom. The van der Waals surface area contributed by atoms with Crippen LogP contribution in [0.15, 0.2) is 54.6 Å². The highest BCUT2D eigenvalue weighted by atomic mass is 16.5. The van der Waals surface area contributed by atoms with Gasteiger partial charge in [-0.2, -0.15) is 0 Å². The molecule has 4 heteroatoms. The molecule has 1 aliphatic heterocycles. The Kier molecular flexibility index (Phi) is 3.18. The van der Waals surface area contributed by atoms with Crippen molar-refractivity contribution in [2.45, 2.75) is 18.5 Å². The predicted molar refractivity (Wildman–Crippen MR) is 84.8 cm³/mol. The van der Waals surface area contributed by atoms with Gasteiger partial charge in [0.2, 0.25) is 0 Å². The van der Waals surface area contributed by atoms with Gasteiger partial charge in [-0.15, -0.1) is 0 Å². The van der Waals surface area contributed by atoms with E-state index in [1.54, 1.807) is 17.0 Å². The summed E-state index contributed by atoms with van der Waals surface area (Å²) >= 11 is 0. The van der Waals surface area contributed by atoms with Crippen molar-refractivity contribution in [2.24, 2.45) is 5.92 Å². The highest BCUT2D eigenvalue weighted by Gasteiger charge is 2.58. The molecule has 0 spiro atoms. The highest BCUT2D eigenvalue weighted by Crippen LogP contribution is 2.52. The van der Waals surface area contributed by atoms with E-state index < -0.39 is 6.04 Å². The largest absolute Gasteiger partial charge is 0.467 e. The first-order valence-electron chi connectivity index (χ1n) is 7.75. The van der Waals surface area contributed by atoms with Gasteiger partial charge in [0.05, 0.1) is 13.2 Å². The molecule has 1 unspecified atom stereocenters. The summed E-state index contributed by atoms with van der Waals surface area (Å²) < 4.78 is 4.94. The maximum atomic E-state index is 12.9. The third kappa shape index (κ3) is 1.98. The van der Waals surface area contributed by atoms with Gasteiger partial charge >= 0.3 is 5.97 Å². The lowest BCUT2D eigenvalue weighted by molar-refractivity contribution is -0.159. The van der Waals surface area contributed by atoms with Gasteiger partial charge in [0, 0.05) is 11.5 Å². The molecule has 1 heterocycles. The number of carbonyl (C=O) groups is 2. The summed E-state index contributed by atoms with van der Waals surface area (Å²) in [5.74, 6) is -0.324. The average molecular weight is 307 g/mol. The summed E-state index contributed by atoms with van der Waals surface area (Å²) in [6, 6.07) is 16.7. The number of amides is 1. The van der Waals surface area contributed by atoms with Crippen molar-refractivity contribution in [2.75, 3.05) is 7.11 Å². The van der Waals surface area contributed by atoms with Crippen LogP contribution in [0, 0.1) is 5.92 Å². The third-order valence-electron chi connectivity index (χ3n) is 4.94. The maximum absolute atomic E-state index is 12.9. The Bertz CT molecular complexity index is 771. The standard InChI is InChI=1S/C19H17NO3/c1-23-19(22)17-15-11-13-9-5-6-10-14(13)16(15)20(17)18(21)12-7-3-2-4-8-12/h2-10,15-17H,11H2,1H3/t15?,16-,17+/m0/s1. The summed E-state index contributed by atoms with van der Waals surface area (Å²) in [7, 11) is 1.38. The van der Waals surface area contributed by atoms with Crippen LogP contribution in [-0.2, 0) is 16.0 Å². The van der Waals surface area contributed by atoms with Crippen LogP contribution >= 0.6 is 0 Å². The molecule has 0 bridgehead atoms. The van der Waals surface area contributed by atoms with Gasteiger partial charge in [0.1, 0.15) is 6.04 Å². The van der Waals surface area contributed by atoms with Crippen molar-refractivity contribution in [1.82, 2.24) is 4.90 Å². The fourth-order valence-corrected chi connectivity index (χ4v) is 3.91. The van der Waals surface area contributed by atoms with E-state index in [9.17, 15) is 9.59 Å². The monoisotopic (exact) mass is 307 g/mol. The number of hydrogen-bond acceptors (Lipinski definition) is 3. The number of ether oxygens (including phenoxy) is 1. The van der Waals surface area contributed by atoms with Crippen molar-refractivity contribution in [3.8, 4) is 0 Å². The van der Waals surface area contributed by atoms with Crippen molar-refractivity contribution in [3.05, 3.63) is 71.3 Å². The zero-order valence-corrected chi connectivity index (χ0v) is 12.8. The molecule has 4 nitrogen and oxygen atoms in total. The molecule has 2 aromatic carbocycles. The zero-order valence-electron chi connectivity index (χ0n) is 12.8. The molecule has 0 aromatic heterocycles. The zero-order chi connectivity index (χ0) is 16.0. The normalized spacial score (nSPS) is 24.4. The Hall–Kier alpha value is -2.62. The minimum absolute atomic E-state index is 0.0250. The summed E-state index contributed by atoms with van der Waals surface area (Å²) in [6.45, 7) is 0. The van der Waals surface area contributed by atoms with E-state index in [0.717, 1.165) is 12.0 Å². The number of likely N-dealkylation sites (tertiary alicyclic amines) is 1. The van der Waals surface area contributed by atoms with E-state index in [1.807, 2.05) is 30.3 Å². The second-order valence-corrected chi connectivity index (χ2v) is 6.06. The lowest BCUT2D eigenvalue weighted by Gasteiger charge is -2.50. The maximum Gasteiger partial charge on any atom is 0.329 e. The van der Waals surface area contributed by atoms with Crippen molar-refractivity contribution >= 4 is 11.9 Å². The van der Waals surface area contributed by atoms with Crippen LogP contribution in [0.25, 0.3) is 0 Å². The molecular weight excluding hydrogens is 290 g/mol. The average Bonchev–Trinajstić information content (AvgIpc) is 2.89. The van der Waals surface area contributed by atoms with Crippen LogP contribution in [-0.4, -0.2) is 29.9 Å². The van der Waals surface area contributed by atoms with Crippen LogP contribution in [0.1, 0.15) is 27.5 Å². The first-order valence-corrected chi connectivity index (χ1v) is 7.75. The van der Waals surface area contributed by atoms with Gasteiger partial charge < -0.3 is 9.64 Å². The van der Waals surface area contributed by atoms with E-state index in [4.69, 9.17) is 4.74 Å². The predicted octanol–water partition coefficient (Wildman–Crippen LogP) is 2.60. The van der Waals surface area contributed by atoms with Crippen molar-refractivity contribution < 1.29 is 14.3 Å². The smallest absolute Gasteiger partial charge is 0.329 e. The summed E-state index contributed by atoms with van der Waals surface area (Å²) in [4.78, 5) is 26.8. The number of rotatable bonds is 2. The molecule has 0 radical (unpaired) electrons. The summed E-state index contributed by atoms with van der Waals surface area (Å²) in [6.07, 6.45) is 0.819. The molecule has 2 aliphatic rings. The second-order valence-electron chi connectivity index (χ2n) is 6.06. The van der Waals surface area contributed by atoms with Crippen LogP contribution in [0.3, 0.4) is 0 Å². The number of esters is 1. The van der Waals surface area contributed by atoms with Crippen LogP contribution in [0.5, 0.6) is 0 Å². The van der Waals surface area contributed by atoms with E-state index in [0.29, 0.717) is 5.56 Å². The number of carbonyl (C=O) groups excluding carboxylic acids is 2. The minimum Gasteiger partial charge on any atom is -0.467 e. The number of methoxy groups -OCH3 is 1. The van der Waals surface area contributed by atoms with Gasteiger partial charge in [0.15, 0.2) is 0 Å². The fourth-order valence-electron chi connectivity index (χ4n) is 3.91. The molecule has 2 aromatic rings. The molecule has 1 saturated heterocycles. The van der Waals surface area contributed by atoms with Gasteiger partial charge in [-0.1, -0.05) is 42.5 Å². The van der Waals surface area contributed by atoms with E-state index in [2.05, 4.69) is 12.1 Å². The lowest BCUT2D eigenvalue weighted by atomic mass is 9.79. The fraction of sp³-hybridized carbons (Fsp3) is 0.263. The Morgan fingerprint density at radius 3 is 2.48 bits per heavy atom. The lowest BCUT2D eigenvalue weighted by Crippen LogP contribution is -2.63. The molecule has 1 amide bonds. The molecule has 1 fully saturated rings. The molecule has 116 valence electrons. The number of hydrogen-bond donors (Lipinski definition) is 0. The van der Waals surface area contributed by atoms with E-state index >= 15 is 0 Å². The van der Waals surface area contributed by atoms with Gasteiger partial charge in [-0.25, -0.2) is 4.79 Å². The molecule has 0 saturated carbocycles. The van der Waals surface area contributed by atoms with Crippen LogP contribution in [0.2, 0.25) is 0 Å². The quantitative estimate of drug-likeness (QED) is 0.801. The molecule has 3 atom stereocenters. The SMILES string of the molecule is COC(=O)[C@H]1C2Cc3ccccc3[C@@H]2N1C(=O)c1ccccc1.